The Labute approximate surface area is 161 Å². The van der Waals surface area contributed by atoms with Gasteiger partial charge < -0.3 is 15.2 Å². The van der Waals surface area contributed by atoms with Crippen molar-refractivity contribution in [1.29, 1.82) is 0 Å². The molecule has 1 heterocycles. The molecule has 0 radical (unpaired) electrons. The number of aliphatic hydroxyl groups excluding tert-OH is 1. The molecule has 0 bridgehead atoms. The molecule has 0 fully saturated rings. The summed E-state index contributed by atoms with van der Waals surface area (Å²) in [5, 5.41) is 13.6. The summed E-state index contributed by atoms with van der Waals surface area (Å²) in [5.41, 5.74) is 1.55. The molecular formula is C20H28N2O4S. The first-order valence-corrected chi connectivity index (χ1v) is 10.9. The number of aliphatic hydroxyl groups is 1. The van der Waals surface area contributed by atoms with E-state index >= 15 is 0 Å². The SMILES string of the molecule is CC(C)(C)NCC(O)c1ccc(OCc2ccccc2)c(CS(C)(=O)=O)n1. The van der Waals surface area contributed by atoms with Gasteiger partial charge in [-0.2, -0.15) is 0 Å². The zero-order valence-corrected chi connectivity index (χ0v) is 17.1. The molecule has 2 N–H and O–H groups in total. The van der Waals surface area contributed by atoms with Crippen molar-refractivity contribution in [2.75, 3.05) is 12.8 Å². The van der Waals surface area contributed by atoms with Gasteiger partial charge in [-0.15, -0.1) is 0 Å². The maximum atomic E-state index is 11.8. The fraction of sp³-hybridized carbons (Fsp3) is 0.450. The Hall–Kier alpha value is -1.96. The molecule has 2 aromatic rings. The molecule has 1 unspecified atom stereocenters. The number of aromatic nitrogens is 1. The predicted molar refractivity (Wildman–Crippen MR) is 106 cm³/mol. The van der Waals surface area contributed by atoms with Crippen molar-refractivity contribution in [2.24, 2.45) is 0 Å². The van der Waals surface area contributed by atoms with E-state index in [2.05, 4.69) is 10.3 Å². The Bertz CT molecular complexity index is 846. The van der Waals surface area contributed by atoms with Crippen LogP contribution >= 0.6 is 0 Å². The lowest BCUT2D eigenvalue weighted by molar-refractivity contribution is 0.158. The molecule has 0 spiro atoms. The van der Waals surface area contributed by atoms with Gasteiger partial charge in [-0.3, -0.25) is 4.98 Å². The third kappa shape index (κ3) is 7.66. The number of nitrogens with zero attached hydrogens (tertiary/aromatic N) is 1. The molecule has 6 nitrogen and oxygen atoms in total. The molecule has 1 atom stereocenters. The monoisotopic (exact) mass is 392 g/mol. The summed E-state index contributed by atoms with van der Waals surface area (Å²) in [5.74, 6) is 0.161. The summed E-state index contributed by atoms with van der Waals surface area (Å²) in [6.45, 7) is 6.64. The van der Waals surface area contributed by atoms with E-state index in [4.69, 9.17) is 4.74 Å². The molecular weight excluding hydrogens is 364 g/mol. The van der Waals surface area contributed by atoms with Crippen LogP contribution in [-0.4, -0.2) is 36.8 Å². The van der Waals surface area contributed by atoms with E-state index in [1.807, 2.05) is 51.1 Å². The number of rotatable bonds is 8. The fourth-order valence-corrected chi connectivity index (χ4v) is 3.12. The van der Waals surface area contributed by atoms with Crippen LogP contribution in [0.25, 0.3) is 0 Å². The molecule has 27 heavy (non-hydrogen) atoms. The Kier molecular flexibility index (Phi) is 6.97. The van der Waals surface area contributed by atoms with Crippen molar-refractivity contribution < 1.29 is 18.3 Å². The largest absolute Gasteiger partial charge is 0.487 e. The van der Waals surface area contributed by atoms with Crippen LogP contribution in [-0.2, 0) is 22.2 Å². The van der Waals surface area contributed by atoms with E-state index in [0.717, 1.165) is 11.8 Å². The van der Waals surface area contributed by atoms with E-state index in [0.29, 0.717) is 30.3 Å². The Morgan fingerprint density at radius 3 is 2.41 bits per heavy atom. The summed E-state index contributed by atoms with van der Waals surface area (Å²) in [6.07, 6.45) is 0.311. The average Bonchev–Trinajstić information content (AvgIpc) is 2.57. The van der Waals surface area contributed by atoms with Crippen LogP contribution in [0.4, 0.5) is 0 Å². The van der Waals surface area contributed by atoms with Gasteiger partial charge in [0.2, 0.25) is 0 Å². The fourth-order valence-electron chi connectivity index (χ4n) is 2.42. The van der Waals surface area contributed by atoms with Crippen molar-refractivity contribution in [3.05, 3.63) is 59.4 Å². The number of β-amino-alcohol motifs (C(OH)–C–C–N with tert-alkyl or cyclic N) is 1. The first-order chi connectivity index (χ1) is 12.5. The highest BCUT2D eigenvalue weighted by Gasteiger charge is 2.18. The first-order valence-electron chi connectivity index (χ1n) is 8.81. The van der Waals surface area contributed by atoms with Gasteiger partial charge in [0.1, 0.15) is 18.5 Å². The molecule has 0 saturated heterocycles. The molecule has 1 aromatic heterocycles. The number of hydrogen-bond donors (Lipinski definition) is 2. The van der Waals surface area contributed by atoms with E-state index in [9.17, 15) is 13.5 Å². The maximum absolute atomic E-state index is 11.8. The molecule has 148 valence electrons. The third-order valence-electron chi connectivity index (χ3n) is 3.76. The number of pyridine rings is 1. The normalized spacial score (nSPS) is 13.4. The second-order valence-corrected chi connectivity index (χ2v) is 9.81. The minimum atomic E-state index is -3.30. The lowest BCUT2D eigenvalue weighted by Crippen LogP contribution is -2.38. The number of ether oxygens (including phenoxy) is 1. The molecule has 0 aliphatic heterocycles. The molecule has 0 aliphatic carbocycles. The van der Waals surface area contributed by atoms with Crippen LogP contribution in [0.15, 0.2) is 42.5 Å². The third-order valence-corrected chi connectivity index (χ3v) is 4.55. The quantitative estimate of drug-likeness (QED) is 0.718. The molecule has 0 saturated carbocycles. The Morgan fingerprint density at radius 1 is 1.15 bits per heavy atom. The van der Waals surface area contributed by atoms with E-state index < -0.39 is 15.9 Å². The number of sulfone groups is 1. The summed E-state index contributed by atoms with van der Waals surface area (Å²) in [7, 11) is -3.30. The van der Waals surface area contributed by atoms with Gasteiger partial charge >= 0.3 is 0 Å². The highest BCUT2D eigenvalue weighted by molar-refractivity contribution is 7.89. The lowest BCUT2D eigenvalue weighted by Gasteiger charge is -2.23. The first kappa shape index (κ1) is 21.3. The lowest BCUT2D eigenvalue weighted by atomic mass is 10.1. The summed E-state index contributed by atoms with van der Waals surface area (Å²) < 4.78 is 29.4. The Balaban J connectivity index is 2.20. The van der Waals surface area contributed by atoms with Crippen molar-refractivity contribution in [1.82, 2.24) is 10.3 Å². The van der Waals surface area contributed by atoms with Gasteiger partial charge in [0, 0.05) is 18.3 Å². The van der Waals surface area contributed by atoms with Crippen LogP contribution in [0.1, 0.15) is 43.8 Å². The van der Waals surface area contributed by atoms with Crippen LogP contribution in [0.2, 0.25) is 0 Å². The summed E-state index contributed by atoms with van der Waals surface area (Å²) in [4.78, 5) is 4.38. The predicted octanol–water partition coefficient (Wildman–Crippen LogP) is 2.63. The van der Waals surface area contributed by atoms with Crippen LogP contribution in [0, 0.1) is 0 Å². The van der Waals surface area contributed by atoms with E-state index in [1.54, 1.807) is 12.1 Å². The van der Waals surface area contributed by atoms with Crippen LogP contribution < -0.4 is 10.1 Å². The standard InChI is InChI=1S/C20H28N2O4S/c1-20(2,3)21-12-18(23)16-10-11-19(17(22-16)14-27(4,24)25)26-13-15-8-6-5-7-9-15/h5-11,18,21,23H,12-14H2,1-4H3. The molecule has 7 heteroatoms. The topological polar surface area (TPSA) is 88.5 Å². The van der Waals surface area contributed by atoms with E-state index in [-0.39, 0.29) is 11.3 Å². The number of benzene rings is 1. The summed E-state index contributed by atoms with van der Waals surface area (Å²) >= 11 is 0. The zero-order valence-electron chi connectivity index (χ0n) is 16.3. The van der Waals surface area contributed by atoms with Crippen molar-refractivity contribution in [3.63, 3.8) is 0 Å². The highest BCUT2D eigenvalue weighted by Crippen LogP contribution is 2.23. The van der Waals surface area contributed by atoms with Crippen molar-refractivity contribution >= 4 is 9.84 Å². The second kappa shape index (κ2) is 8.82. The maximum Gasteiger partial charge on any atom is 0.153 e. The zero-order chi connectivity index (χ0) is 20.1. The minimum absolute atomic E-state index is 0.144. The van der Waals surface area contributed by atoms with Crippen LogP contribution in [0.3, 0.4) is 0 Å². The van der Waals surface area contributed by atoms with Gasteiger partial charge in [0.05, 0.1) is 17.1 Å². The average molecular weight is 393 g/mol. The van der Waals surface area contributed by atoms with Gasteiger partial charge in [-0.25, -0.2) is 8.42 Å². The molecule has 0 aliphatic rings. The molecule has 2 rings (SSSR count). The van der Waals surface area contributed by atoms with Gasteiger partial charge in [-0.1, -0.05) is 30.3 Å². The molecule has 1 aromatic carbocycles. The summed E-state index contributed by atoms with van der Waals surface area (Å²) in [6, 6.07) is 12.9. The highest BCUT2D eigenvalue weighted by atomic mass is 32.2. The van der Waals surface area contributed by atoms with Gasteiger partial charge in [-0.05, 0) is 38.5 Å². The van der Waals surface area contributed by atoms with Crippen molar-refractivity contribution in [2.45, 2.75) is 44.8 Å². The number of nitrogens with one attached hydrogen (secondary N) is 1. The second-order valence-electron chi connectivity index (χ2n) is 7.67. The Morgan fingerprint density at radius 2 is 1.81 bits per heavy atom. The van der Waals surface area contributed by atoms with Gasteiger partial charge in [0.25, 0.3) is 0 Å². The molecule has 0 amide bonds. The smallest absolute Gasteiger partial charge is 0.153 e. The minimum Gasteiger partial charge on any atom is -0.487 e. The van der Waals surface area contributed by atoms with Crippen molar-refractivity contribution in [3.8, 4) is 5.75 Å². The van der Waals surface area contributed by atoms with E-state index in [1.165, 1.54) is 0 Å². The van der Waals surface area contributed by atoms with Crippen LogP contribution in [0.5, 0.6) is 5.75 Å². The van der Waals surface area contributed by atoms with Gasteiger partial charge in [0.15, 0.2) is 9.84 Å². The number of hydrogen-bond acceptors (Lipinski definition) is 6.